The second-order valence-corrected chi connectivity index (χ2v) is 5.06. The molecule has 0 aromatic heterocycles. The second kappa shape index (κ2) is 6.99. The number of benzene rings is 2. The first-order valence-corrected chi connectivity index (χ1v) is 6.97. The van der Waals surface area contributed by atoms with E-state index in [2.05, 4.69) is 5.32 Å². The zero-order valence-electron chi connectivity index (χ0n) is 12.6. The van der Waals surface area contributed by atoms with Crippen LogP contribution in [0, 0.1) is 5.82 Å². The van der Waals surface area contributed by atoms with Gasteiger partial charge in [-0.15, -0.1) is 12.4 Å². The Morgan fingerprint density at radius 1 is 1.05 bits per heavy atom. The van der Waals surface area contributed by atoms with Crippen molar-refractivity contribution in [1.82, 2.24) is 5.32 Å². The summed E-state index contributed by atoms with van der Waals surface area (Å²) in [6.45, 7) is 0.807. The summed E-state index contributed by atoms with van der Waals surface area (Å²) in [5, 5.41) is 3.38. The van der Waals surface area contributed by atoms with E-state index < -0.39 is 0 Å². The maximum atomic E-state index is 14.1. The first-order valence-electron chi connectivity index (χ1n) is 6.97. The van der Waals surface area contributed by atoms with Crippen molar-refractivity contribution < 1.29 is 13.9 Å². The first kappa shape index (κ1) is 16.6. The lowest BCUT2D eigenvalue weighted by Gasteiger charge is -2.28. The van der Waals surface area contributed by atoms with E-state index in [0.29, 0.717) is 17.1 Å². The largest absolute Gasteiger partial charge is 0.493 e. The van der Waals surface area contributed by atoms with Crippen LogP contribution in [-0.2, 0) is 6.42 Å². The van der Waals surface area contributed by atoms with Crippen molar-refractivity contribution in [2.45, 2.75) is 12.5 Å². The van der Waals surface area contributed by atoms with E-state index >= 15 is 0 Å². The maximum Gasteiger partial charge on any atom is 0.161 e. The van der Waals surface area contributed by atoms with Crippen LogP contribution < -0.4 is 14.8 Å². The predicted molar refractivity (Wildman–Crippen MR) is 86.7 cm³/mol. The van der Waals surface area contributed by atoms with Crippen LogP contribution in [0.3, 0.4) is 0 Å². The minimum absolute atomic E-state index is 0. The molecule has 118 valence electrons. The molecule has 1 aliphatic rings. The van der Waals surface area contributed by atoms with Gasteiger partial charge in [-0.25, -0.2) is 4.39 Å². The third kappa shape index (κ3) is 2.89. The molecule has 1 N–H and O–H groups in total. The summed E-state index contributed by atoms with van der Waals surface area (Å²) in [6, 6.07) is 10.6. The summed E-state index contributed by atoms with van der Waals surface area (Å²) in [5.41, 5.74) is 2.87. The molecule has 0 amide bonds. The minimum atomic E-state index is -0.197. The fourth-order valence-electron chi connectivity index (χ4n) is 2.87. The summed E-state index contributed by atoms with van der Waals surface area (Å²) in [4.78, 5) is 0. The molecule has 1 atom stereocenters. The normalized spacial score (nSPS) is 16.4. The van der Waals surface area contributed by atoms with Crippen LogP contribution in [0.5, 0.6) is 11.5 Å². The van der Waals surface area contributed by atoms with Crippen molar-refractivity contribution >= 4 is 12.4 Å². The van der Waals surface area contributed by atoms with Gasteiger partial charge in [0.1, 0.15) is 5.82 Å². The Labute approximate surface area is 135 Å². The van der Waals surface area contributed by atoms with Crippen LogP contribution >= 0.6 is 12.4 Å². The van der Waals surface area contributed by atoms with E-state index in [0.717, 1.165) is 18.5 Å². The molecular formula is C17H19ClFNO2. The molecule has 0 spiro atoms. The molecule has 0 bridgehead atoms. The zero-order chi connectivity index (χ0) is 14.8. The monoisotopic (exact) mass is 323 g/mol. The third-order valence-corrected chi connectivity index (χ3v) is 3.92. The van der Waals surface area contributed by atoms with Gasteiger partial charge in [-0.1, -0.05) is 18.2 Å². The molecule has 0 radical (unpaired) electrons. The fraction of sp³-hybridized carbons (Fsp3) is 0.294. The summed E-state index contributed by atoms with van der Waals surface area (Å²) in [5.74, 6) is 1.18. The summed E-state index contributed by atoms with van der Waals surface area (Å²) in [6.07, 6.45) is 0.890. The molecule has 0 fully saturated rings. The van der Waals surface area contributed by atoms with Crippen LogP contribution in [0.1, 0.15) is 22.7 Å². The first-order chi connectivity index (χ1) is 10.2. The molecule has 3 rings (SSSR count). The van der Waals surface area contributed by atoms with Gasteiger partial charge in [-0.3, -0.25) is 0 Å². The SMILES string of the molecule is COc1cc2c(cc1OC)C(c1ccccc1F)NCC2.Cl. The highest BCUT2D eigenvalue weighted by atomic mass is 35.5. The van der Waals surface area contributed by atoms with Crippen LogP contribution in [0.15, 0.2) is 36.4 Å². The number of methoxy groups -OCH3 is 2. The topological polar surface area (TPSA) is 30.5 Å². The number of halogens is 2. The van der Waals surface area contributed by atoms with Crippen molar-refractivity contribution in [2.75, 3.05) is 20.8 Å². The van der Waals surface area contributed by atoms with Crippen molar-refractivity contribution in [3.05, 3.63) is 58.9 Å². The highest BCUT2D eigenvalue weighted by molar-refractivity contribution is 5.85. The average Bonchev–Trinajstić information content (AvgIpc) is 2.53. The summed E-state index contributed by atoms with van der Waals surface area (Å²) in [7, 11) is 3.23. The Balaban J connectivity index is 0.00000176. The van der Waals surface area contributed by atoms with Gasteiger partial charge in [0.25, 0.3) is 0 Å². The maximum absolute atomic E-state index is 14.1. The number of hydrogen-bond donors (Lipinski definition) is 1. The van der Waals surface area contributed by atoms with Gasteiger partial charge in [0.05, 0.1) is 20.3 Å². The standard InChI is InChI=1S/C17H18FNO2.ClH/c1-20-15-9-11-7-8-19-17(13(11)10-16(15)21-2)12-5-3-4-6-14(12)18;/h3-6,9-10,17,19H,7-8H2,1-2H3;1H. The Hall–Kier alpha value is -1.78. The van der Waals surface area contributed by atoms with Crippen LogP contribution in [0.4, 0.5) is 4.39 Å². The Morgan fingerprint density at radius 3 is 2.41 bits per heavy atom. The van der Waals surface area contributed by atoms with Crippen molar-refractivity contribution in [3.8, 4) is 11.5 Å². The van der Waals surface area contributed by atoms with Gasteiger partial charge in [0.2, 0.25) is 0 Å². The Bertz CT molecular complexity index is 663. The van der Waals surface area contributed by atoms with Crippen molar-refractivity contribution in [2.24, 2.45) is 0 Å². The lowest BCUT2D eigenvalue weighted by Crippen LogP contribution is -2.31. The molecule has 22 heavy (non-hydrogen) atoms. The average molecular weight is 324 g/mol. The lowest BCUT2D eigenvalue weighted by molar-refractivity contribution is 0.352. The fourth-order valence-corrected chi connectivity index (χ4v) is 2.87. The van der Waals surface area contributed by atoms with Crippen LogP contribution in [-0.4, -0.2) is 20.8 Å². The number of fused-ring (bicyclic) bond motifs is 1. The smallest absolute Gasteiger partial charge is 0.161 e. The van der Waals surface area contributed by atoms with E-state index in [1.807, 2.05) is 24.3 Å². The molecule has 5 heteroatoms. The molecule has 0 saturated carbocycles. The Kier molecular flexibility index (Phi) is 5.27. The molecule has 1 unspecified atom stereocenters. The van der Waals surface area contributed by atoms with E-state index in [-0.39, 0.29) is 24.3 Å². The van der Waals surface area contributed by atoms with Crippen molar-refractivity contribution in [1.29, 1.82) is 0 Å². The van der Waals surface area contributed by atoms with Gasteiger partial charge < -0.3 is 14.8 Å². The molecule has 2 aromatic carbocycles. The van der Waals surface area contributed by atoms with Gasteiger partial charge in [0.15, 0.2) is 11.5 Å². The lowest BCUT2D eigenvalue weighted by atomic mass is 9.89. The number of hydrogen-bond acceptors (Lipinski definition) is 3. The molecule has 1 heterocycles. The molecule has 3 nitrogen and oxygen atoms in total. The molecule has 2 aromatic rings. The van der Waals surface area contributed by atoms with Gasteiger partial charge >= 0.3 is 0 Å². The van der Waals surface area contributed by atoms with Crippen LogP contribution in [0.2, 0.25) is 0 Å². The number of rotatable bonds is 3. The highest BCUT2D eigenvalue weighted by Crippen LogP contribution is 2.37. The van der Waals surface area contributed by atoms with Crippen LogP contribution in [0.25, 0.3) is 0 Å². The quantitative estimate of drug-likeness (QED) is 0.937. The molecule has 1 aliphatic heterocycles. The number of ether oxygens (including phenoxy) is 2. The molecular weight excluding hydrogens is 305 g/mol. The van der Waals surface area contributed by atoms with E-state index in [1.165, 1.54) is 11.6 Å². The predicted octanol–water partition coefficient (Wildman–Crippen LogP) is 3.50. The van der Waals surface area contributed by atoms with E-state index in [4.69, 9.17) is 9.47 Å². The zero-order valence-corrected chi connectivity index (χ0v) is 13.4. The van der Waals surface area contributed by atoms with Gasteiger partial charge in [0, 0.05) is 12.1 Å². The van der Waals surface area contributed by atoms with E-state index in [9.17, 15) is 4.39 Å². The summed E-state index contributed by atoms with van der Waals surface area (Å²) < 4.78 is 24.8. The second-order valence-electron chi connectivity index (χ2n) is 5.06. The molecule has 0 saturated heterocycles. The summed E-state index contributed by atoms with van der Waals surface area (Å²) >= 11 is 0. The third-order valence-electron chi connectivity index (χ3n) is 3.92. The highest BCUT2D eigenvalue weighted by Gasteiger charge is 2.25. The minimum Gasteiger partial charge on any atom is -0.493 e. The van der Waals surface area contributed by atoms with Crippen molar-refractivity contribution in [3.63, 3.8) is 0 Å². The Morgan fingerprint density at radius 2 is 1.73 bits per heavy atom. The van der Waals surface area contributed by atoms with Gasteiger partial charge in [-0.2, -0.15) is 0 Å². The van der Waals surface area contributed by atoms with E-state index in [1.54, 1.807) is 20.3 Å². The number of nitrogens with one attached hydrogen (secondary N) is 1. The van der Waals surface area contributed by atoms with Gasteiger partial charge in [-0.05, 0) is 35.7 Å². The molecule has 0 aliphatic carbocycles.